The van der Waals surface area contributed by atoms with Crippen LogP contribution in [0.2, 0.25) is 0 Å². The monoisotopic (exact) mass is 358 g/mol. The lowest BCUT2D eigenvalue weighted by molar-refractivity contribution is -0.0195. The highest BCUT2D eigenvalue weighted by Crippen LogP contribution is 2.51. The van der Waals surface area contributed by atoms with Crippen LogP contribution in [0.1, 0.15) is 44.9 Å². The van der Waals surface area contributed by atoms with Gasteiger partial charge in [0.15, 0.2) is 0 Å². The zero-order chi connectivity index (χ0) is 18.0. The highest BCUT2D eigenvalue weighted by atomic mass is 16.3. The number of hydrogen-bond acceptors (Lipinski definition) is 4. The first-order valence-electron chi connectivity index (χ1n) is 10.0. The van der Waals surface area contributed by atoms with Crippen LogP contribution in [0.25, 0.3) is 0 Å². The number of nitrogens with zero attached hydrogens (tertiary/aromatic N) is 2. The van der Waals surface area contributed by atoms with Gasteiger partial charge in [-0.3, -0.25) is 4.98 Å². The number of likely N-dealkylation sites (tertiary alicyclic amines) is 1. The number of amides is 2. The second-order valence-corrected chi connectivity index (χ2v) is 8.31. The van der Waals surface area contributed by atoms with Crippen LogP contribution in [-0.4, -0.2) is 52.3 Å². The number of pyridine rings is 1. The molecule has 1 aliphatic heterocycles. The number of aliphatic hydroxyl groups is 1. The van der Waals surface area contributed by atoms with E-state index >= 15 is 0 Å². The molecule has 26 heavy (non-hydrogen) atoms. The summed E-state index contributed by atoms with van der Waals surface area (Å²) in [5.41, 5.74) is 0.555. The average Bonchev–Trinajstić information content (AvgIpc) is 3.24. The van der Waals surface area contributed by atoms with E-state index < -0.39 is 5.60 Å². The molecule has 0 radical (unpaired) electrons. The molecule has 1 aromatic heterocycles. The molecule has 3 atom stereocenters. The van der Waals surface area contributed by atoms with Gasteiger partial charge in [-0.2, -0.15) is 0 Å². The summed E-state index contributed by atoms with van der Waals surface area (Å²) in [6.07, 6.45) is 10.7. The van der Waals surface area contributed by atoms with Gasteiger partial charge in [0.2, 0.25) is 0 Å². The first kappa shape index (κ1) is 17.6. The van der Waals surface area contributed by atoms with E-state index in [1.54, 1.807) is 12.4 Å². The lowest BCUT2D eigenvalue weighted by atomic mass is 9.82. The summed E-state index contributed by atoms with van der Waals surface area (Å²) in [5.74, 6) is 1.17. The number of piperidine rings is 1. The van der Waals surface area contributed by atoms with Crippen molar-refractivity contribution in [3.63, 3.8) is 0 Å². The Balaban J connectivity index is 1.17. The molecule has 2 bridgehead atoms. The minimum absolute atomic E-state index is 0.0131. The van der Waals surface area contributed by atoms with Crippen LogP contribution < -0.4 is 10.6 Å². The van der Waals surface area contributed by atoms with Gasteiger partial charge in [-0.1, -0.05) is 0 Å². The molecule has 2 saturated carbocycles. The second-order valence-electron chi connectivity index (χ2n) is 8.31. The fourth-order valence-corrected chi connectivity index (χ4v) is 5.13. The van der Waals surface area contributed by atoms with E-state index in [0.717, 1.165) is 44.5 Å². The normalized spacial score (nSPS) is 31.2. The predicted molar refractivity (Wildman–Crippen MR) is 101 cm³/mol. The highest BCUT2D eigenvalue weighted by Gasteiger charge is 2.49. The van der Waals surface area contributed by atoms with Gasteiger partial charge in [-0.25, -0.2) is 4.79 Å². The van der Waals surface area contributed by atoms with Gasteiger partial charge in [-0.15, -0.1) is 0 Å². The molecule has 3 aliphatic rings. The Hall–Kier alpha value is -1.82. The van der Waals surface area contributed by atoms with Gasteiger partial charge >= 0.3 is 6.03 Å². The Morgan fingerprint density at radius 2 is 2.00 bits per heavy atom. The van der Waals surface area contributed by atoms with Crippen LogP contribution in [0.15, 0.2) is 24.5 Å². The Morgan fingerprint density at radius 3 is 2.65 bits per heavy atom. The van der Waals surface area contributed by atoms with Crippen molar-refractivity contribution in [3.8, 4) is 0 Å². The number of hydrogen-bond donors (Lipinski definition) is 3. The number of aromatic nitrogens is 1. The van der Waals surface area contributed by atoms with Crippen molar-refractivity contribution in [3.05, 3.63) is 24.5 Å². The van der Waals surface area contributed by atoms with Gasteiger partial charge < -0.3 is 20.6 Å². The summed E-state index contributed by atoms with van der Waals surface area (Å²) in [6.45, 7) is 2.11. The molecule has 4 rings (SSSR count). The topological polar surface area (TPSA) is 77.5 Å². The Kier molecular flexibility index (Phi) is 5.02. The van der Waals surface area contributed by atoms with E-state index in [2.05, 4.69) is 15.6 Å². The Labute approximate surface area is 155 Å². The number of rotatable bonds is 5. The number of urea groups is 1. The highest BCUT2D eigenvalue weighted by molar-refractivity contribution is 5.74. The van der Waals surface area contributed by atoms with E-state index in [4.69, 9.17) is 0 Å². The zero-order valence-corrected chi connectivity index (χ0v) is 15.4. The second kappa shape index (κ2) is 7.43. The van der Waals surface area contributed by atoms with Gasteiger partial charge in [0, 0.05) is 43.8 Å². The summed E-state index contributed by atoms with van der Waals surface area (Å²) in [5, 5.41) is 17.3. The van der Waals surface area contributed by atoms with Crippen molar-refractivity contribution in [2.45, 2.75) is 56.6 Å². The van der Waals surface area contributed by atoms with E-state index in [-0.39, 0.29) is 6.03 Å². The minimum atomic E-state index is -0.530. The molecule has 3 fully saturated rings. The van der Waals surface area contributed by atoms with Crippen LogP contribution in [0.5, 0.6) is 0 Å². The standard InChI is InChI=1S/C20H30N4O2/c25-19(22-10-7-20(26)14-15-1-2-16(20)13-15)24-11-5-18(6-12-24)23-17-3-8-21-9-4-17/h3-4,8-9,15-16,18,26H,1-2,5-7,10-14H2,(H,21,23)(H,22,25). The third-order valence-corrected chi connectivity index (χ3v) is 6.61. The van der Waals surface area contributed by atoms with E-state index in [9.17, 15) is 9.90 Å². The largest absolute Gasteiger partial charge is 0.390 e. The van der Waals surface area contributed by atoms with E-state index in [0.29, 0.717) is 30.8 Å². The molecule has 142 valence electrons. The molecule has 3 unspecified atom stereocenters. The number of nitrogens with one attached hydrogen (secondary N) is 2. The molecule has 3 N–H and O–H groups in total. The van der Waals surface area contributed by atoms with Crippen molar-refractivity contribution in [1.29, 1.82) is 0 Å². The summed E-state index contributed by atoms with van der Waals surface area (Å²) in [4.78, 5) is 18.3. The van der Waals surface area contributed by atoms with Crippen LogP contribution in [0.4, 0.5) is 10.5 Å². The maximum atomic E-state index is 12.4. The summed E-state index contributed by atoms with van der Waals surface area (Å²) < 4.78 is 0. The predicted octanol–water partition coefficient (Wildman–Crippen LogP) is 2.61. The molecule has 2 heterocycles. The average molecular weight is 358 g/mol. The fraction of sp³-hybridized carbons (Fsp3) is 0.700. The molecule has 2 amide bonds. The van der Waals surface area contributed by atoms with Crippen LogP contribution in [0, 0.1) is 11.8 Å². The van der Waals surface area contributed by atoms with Crippen LogP contribution >= 0.6 is 0 Å². The third kappa shape index (κ3) is 3.80. The molecule has 2 aliphatic carbocycles. The quantitative estimate of drug-likeness (QED) is 0.756. The minimum Gasteiger partial charge on any atom is -0.390 e. The maximum absolute atomic E-state index is 12.4. The smallest absolute Gasteiger partial charge is 0.317 e. The van der Waals surface area contributed by atoms with Crippen molar-refractivity contribution in [2.24, 2.45) is 11.8 Å². The Bertz CT molecular complexity index is 617. The molecule has 0 aromatic carbocycles. The van der Waals surface area contributed by atoms with Crippen molar-refractivity contribution < 1.29 is 9.90 Å². The van der Waals surface area contributed by atoms with Gasteiger partial charge in [0.1, 0.15) is 0 Å². The first-order chi connectivity index (χ1) is 12.6. The van der Waals surface area contributed by atoms with Crippen LogP contribution in [-0.2, 0) is 0 Å². The molecule has 1 saturated heterocycles. The molecular weight excluding hydrogens is 328 g/mol. The number of carbonyl (C=O) groups excluding carboxylic acids is 1. The molecule has 6 nitrogen and oxygen atoms in total. The number of carbonyl (C=O) groups is 1. The maximum Gasteiger partial charge on any atom is 0.317 e. The van der Waals surface area contributed by atoms with Crippen molar-refractivity contribution >= 4 is 11.7 Å². The van der Waals surface area contributed by atoms with Crippen molar-refractivity contribution in [1.82, 2.24) is 15.2 Å². The first-order valence-corrected chi connectivity index (χ1v) is 10.0. The molecular formula is C20H30N4O2. The third-order valence-electron chi connectivity index (χ3n) is 6.61. The summed E-state index contributed by atoms with van der Waals surface area (Å²) >= 11 is 0. The van der Waals surface area contributed by atoms with Gasteiger partial charge in [-0.05, 0) is 68.9 Å². The van der Waals surface area contributed by atoms with Gasteiger partial charge in [0.05, 0.1) is 5.60 Å². The zero-order valence-electron chi connectivity index (χ0n) is 15.4. The molecule has 1 aromatic rings. The van der Waals surface area contributed by atoms with Crippen molar-refractivity contribution in [2.75, 3.05) is 25.0 Å². The van der Waals surface area contributed by atoms with E-state index in [1.807, 2.05) is 17.0 Å². The number of fused-ring (bicyclic) bond motifs is 2. The molecule has 0 spiro atoms. The Morgan fingerprint density at radius 1 is 1.23 bits per heavy atom. The van der Waals surface area contributed by atoms with E-state index in [1.165, 1.54) is 12.8 Å². The lowest BCUT2D eigenvalue weighted by Gasteiger charge is -2.34. The summed E-state index contributed by atoms with van der Waals surface area (Å²) in [6, 6.07) is 4.36. The lowest BCUT2D eigenvalue weighted by Crippen LogP contribution is -2.48. The summed E-state index contributed by atoms with van der Waals surface area (Å²) in [7, 11) is 0. The van der Waals surface area contributed by atoms with Crippen LogP contribution in [0.3, 0.4) is 0 Å². The fourth-order valence-electron chi connectivity index (χ4n) is 5.13. The SMILES string of the molecule is O=C(NCCC1(O)CC2CCC1C2)N1CCC(Nc2ccncc2)CC1. The van der Waals surface area contributed by atoms with Gasteiger partial charge in [0.25, 0.3) is 0 Å². The molecule has 6 heteroatoms. The number of anilines is 1.